The van der Waals surface area contributed by atoms with Gasteiger partial charge in [0.15, 0.2) is 0 Å². The minimum atomic E-state index is 0.412. The molecule has 1 unspecified atom stereocenters. The van der Waals surface area contributed by atoms with Crippen LogP contribution < -0.4 is 10.1 Å². The molecule has 1 aliphatic heterocycles. The lowest BCUT2D eigenvalue weighted by Crippen LogP contribution is -2.42. The molecule has 1 atom stereocenters. The monoisotopic (exact) mass is 207 g/mol. The highest BCUT2D eigenvalue weighted by molar-refractivity contribution is 5.33. The summed E-state index contributed by atoms with van der Waals surface area (Å²) in [6.07, 6.45) is 0.962. The van der Waals surface area contributed by atoms with E-state index in [1.807, 2.05) is 18.2 Å². The number of hydrogen-bond acceptors (Lipinski definition) is 3. The molecule has 1 fully saturated rings. The van der Waals surface area contributed by atoms with Crippen molar-refractivity contribution < 1.29 is 9.47 Å². The van der Waals surface area contributed by atoms with E-state index < -0.39 is 0 Å². The van der Waals surface area contributed by atoms with Gasteiger partial charge in [-0.05, 0) is 18.1 Å². The minimum Gasteiger partial charge on any atom is -0.496 e. The smallest absolute Gasteiger partial charge is 0.122 e. The number of nitrogens with one attached hydrogen (secondary N) is 1. The zero-order valence-electron chi connectivity index (χ0n) is 9.03. The summed E-state index contributed by atoms with van der Waals surface area (Å²) >= 11 is 0. The lowest BCUT2D eigenvalue weighted by Gasteiger charge is -2.24. The first-order valence-corrected chi connectivity index (χ1v) is 5.33. The van der Waals surface area contributed by atoms with Crippen LogP contribution in [0.3, 0.4) is 0 Å². The van der Waals surface area contributed by atoms with Gasteiger partial charge in [-0.25, -0.2) is 0 Å². The van der Waals surface area contributed by atoms with Crippen molar-refractivity contribution in [1.82, 2.24) is 5.32 Å². The van der Waals surface area contributed by atoms with Crippen molar-refractivity contribution in [3.05, 3.63) is 29.8 Å². The van der Waals surface area contributed by atoms with Crippen LogP contribution in [-0.2, 0) is 11.2 Å². The van der Waals surface area contributed by atoms with Crippen molar-refractivity contribution in [2.45, 2.75) is 12.5 Å². The number of rotatable bonds is 3. The molecule has 1 aromatic rings. The van der Waals surface area contributed by atoms with Gasteiger partial charge in [-0.1, -0.05) is 18.2 Å². The number of ether oxygens (including phenoxy) is 2. The summed E-state index contributed by atoms with van der Waals surface area (Å²) < 4.78 is 10.7. The van der Waals surface area contributed by atoms with E-state index in [0.29, 0.717) is 6.04 Å². The summed E-state index contributed by atoms with van der Waals surface area (Å²) in [4.78, 5) is 0. The highest BCUT2D eigenvalue weighted by atomic mass is 16.5. The Hall–Kier alpha value is -1.06. The molecule has 0 bridgehead atoms. The molecule has 1 aliphatic rings. The summed E-state index contributed by atoms with van der Waals surface area (Å²) in [6, 6.07) is 8.55. The summed E-state index contributed by atoms with van der Waals surface area (Å²) in [6.45, 7) is 2.56. The van der Waals surface area contributed by atoms with Gasteiger partial charge in [0.2, 0.25) is 0 Å². The Morgan fingerprint density at radius 2 is 2.33 bits per heavy atom. The van der Waals surface area contributed by atoms with E-state index >= 15 is 0 Å². The van der Waals surface area contributed by atoms with Gasteiger partial charge in [0.1, 0.15) is 5.75 Å². The van der Waals surface area contributed by atoms with E-state index in [1.165, 1.54) is 5.56 Å². The molecule has 1 heterocycles. The van der Waals surface area contributed by atoms with E-state index in [0.717, 1.165) is 31.9 Å². The Kier molecular flexibility index (Phi) is 3.59. The molecule has 0 spiro atoms. The predicted molar refractivity (Wildman–Crippen MR) is 59.3 cm³/mol. The van der Waals surface area contributed by atoms with Crippen LogP contribution in [0.1, 0.15) is 5.56 Å². The number of para-hydroxylation sites is 1. The first-order valence-electron chi connectivity index (χ1n) is 5.33. The van der Waals surface area contributed by atoms with Crippen LogP contribution in [0.2, 0.25) is 0 Å². The lowest BCUT2D eigenvalue weighted by atomic mass is 10.0. The minimum absolute atomic E-state index is 0.412. The number of benzene rings is 1. The van der Waals surface area contributed by atoms with Gasteiger partial charge in [-0.15, -0.1) is 0 Å². The molecule has 3 heteroatoms. The first-order chi connectivity index (χ1) is 7.40. The largest absolute Gasteiger partial charge is 0.496 e. The Morgan fingerprint density at radius 3 is 3.07 bits per heavy atom. The molecule has 15 heavy (non-hydrogen) atoms. The zero-order chi connectivity index (χ0) is 10.5. The molecule has 3 nitrogen and oxygen atoms in total. The van der Waals surface area contributed by atoms with Crippen LogP contribution in [-0.4, -0.2) is 32.9 Å². The SMILES string of the molecule is COc1ccccc1CC1COCCN1. The van der Waals surface area contributed by atoms with Crippen molar-refractivity contribution in [3.8, 4) is 5.75 Å². The summed E-state index contributed by atoms with van der Waals surface area (Å²) in [5, 5.41) is 3.44. The average molecular weight is 207 g/mol. The van der Waals surface area contributed by atoms with Gasteiger partial charge in [0.25, 0.3) is 0 Å². The summed E-state index contributed by atoms with van der Waals surface area (Å²) in [7, 11) is 1.71. The Bertz CT molecular complexity index is 308. The molecule has 82 valence electrons. The predicted octanol–water partition coefficient (Wildman–Crippen LogP) is 1.23. The van der Waals surface area contributed by atoms with E-state index in [-0.39, 0.29) is 0 Å². The second-order valence-electron chi connectivity index (χ2n) is 3.74. The topological polar surface area (TPSA) is 30.5 Å². The number of morpholine rings is 1. The van der Waals surface area contributed by atoms with Gasteiger partial charge in [0.05, 0.1) is 20.3 Å². The van der Waals surface area contributed by atoms with Crippen LogP contribution in [0.15, 0.2) is 24.3 Å². The van der Waals surface area contributed by atoms with E-state index in [1.54, 1.807) is 7.11 Å². The van der Waals surface area contributed by atoms with Crippen molar-refractivity contribution >= 4 is 0 Å². The van der Waals surface area contributed by atoms with Crippen molar-refractivity contribution in [2.75, 3.05) is 26.9 Å². The van der Waals surface area contributed by atoms with Crippen LogP contribution in [0.25, 0.3) is 0 Å². The number of hydrogen-bond donors (Lipinski definition) is 1. The Morgan fingerprint density at radius 1 is 1.47 bits per heavy atom. The van der Waals surface area contributed by atoms with E-state index in [9.17, 15) is 0 Å². The van der Waals surface area contributed by atoms with Crippen molar-refractivity contribution in [2.24, 2.45) is 0 Å². The molecule has 0 saturated carbocycles. The molecule has 0 aliphatic carbocycles. The maximum absolute atomic E-state index is 5.42. The van der Waals surface area contributed by atoms with Crippen molar-refractivity contribution in [3.63, 3.8) is 0 Å². The summed E-state index contributed by atoms with van der Waals surface area (Å²) in [5.74, 6) is 0.963. The van der Waals surface area contributed by atoms with Gasteiger partial charge in [0, 0.05) is 12.6 Å². The quantitative estimate of drug-likeness (QED) is 0.808. The number of methoxy groups -OCH3 is 1. The second-order valence-corrected chi connectivity index (χ2v) is 3.74. The fraction of sp³-hybridized carbons (Fsp3) is 0.500. The fourth-order valence-corrected chi connectivity index (χ4v) is 1.89. The standard InChI is InChI=1S/C12H17NO2/c1-14-12-5-3-2-4-10(12)8-11-9-15-7-6-13-11/h2-5,11,13H,6-9H2,1H3. The first kappa shape index (κ1) is 10.5. The van der Waals surface area contributed by atoms with Gasteiger partial charge in [-0.3, -0.25) is 0 Å². The maximum Gasteiger partial charge on any atom is 0.122 e. The van der Waals surface area contributed by atoms with E-state index in [2.05, 4.69) is 11.4 Å². The highest BCUT2D eigenvalue weighted by Gasteiger charge is 2.15. The normalized spacial score (nSPS) is 21.3. The molecule has 0 radical (unpaired) electrons. The fourth-order valence-electron chi connectivity index (χ4n) is 1.89. The maximum atomic E-state index is 5.42. The Balaban J connectivity index is 2.02. The molecule has 0 amide bonds. The molecular formula is C12H17NO2. The molecule has 2 rings (SSSR count). The lowest BCUT2D eigenvalue weighted by molar-refractivity contribution is 0.0768. The molecule has 1 N–H and O–H groups in total. The van der Waals surface area contributed by atoms with Crippen molar-refractivity contribution in [1.29, 1.82) is 0 Å². The van der Waals surface area contributed by atoms with Gasteiger partial charge in [-0.2, -0.15) is 0 Å². The highest BCUT2D eigenvalue weighted by Crippen LogP contribution is 2.19. The van der Waals surface area contributed by atoms with Gasteiger partial charge >= 0.3 is 0 Å². The molecule has 1 saturated heterocycles. The second kappa shape index (κ2) is 5.14. The third-order valence-electron chi connectivity index (χ3n) is 2.66. The third kappa shape index (κ3) is 2.70. The summed E-state index contributed by atoms with van der Waals surface area (Å²) in [5.41, 5.74) is 1.24. The van der Waals surface area contributed by atoms with Crippen LogP contribution in [0.4, 0.5) is 0 Å². The molecule has 0 aromatic heterocycles. The van der Waals surface area contributed by atoms with Crippen LogP contribution in [0.5, 0.6) is 5.75 Å². The van der Waals surface area contributed by atoms with Crippen LogP contribution in [0, 0.1) is 0 Å². The molecule has 1 aromatic carbocycles. The van der Waals surface area contributed by atoms with Crippen LogP contribution >= 0.6 is 0 Å². The third-order valence-corrected chi connectivity index (χ3v) is 2.66. The Labute approximate surface area is 90.4 Å². The van der Waals surface area contributed by atoms with E-state index in [4.69, 9.17) is 9.47 Å². The van der Waals surface area contributed by atoms with Gasteiger partial charge < -0.3 is 14.8 Å². The average Bonchev–Trinajstić information content (AvgIpc) is 2.31. The molecular weight excluding hydrogens is 190 g/mol. The zero-order valence-corrected chi connectivity index (χ0v) is 9.03.